The number of benzene rings is 9. The SMILES string of the molecule is c1ccc(-c2nc(-c3ccccc3)nc(-n3c4ccccc4c4c5cccc6c5c(cc43)-c3c-6c(-c4ccccc4)c4ccccc4c3-c3ccccc3)n2)cc1. The van der Waals surface area contributed by atoms with E-state index in [-0.39, 0.29) is 0 Å². The van der Waals surface area contributed by atoms with Gasteiger partial charge in [-0.2, -0.15) is 9.97 Å². The molecule has 0 saturated heterocycles. The fourth-order valence-corrected chi connectivity index (χ4v) is 9.24. The van der Waals surface area contributed by atoms with Crippen LogP contribution < -0.4 is 0 Å². The molecule has 0 saturated carbocycles. The van der Waals surface area contributed by atoms with Gasteiger partial charge < -0.3 is 0 Å². The van der Waals surface area contributed by atoms with Crippen molar-refractivity contribution in [3.05, 3.63) is 194 Å². The van der Waals surface area contributed by atoms with Crippen LogP contribution in [0.2, 0.25) is 0 Å². The summed E-state index contributed by atoms with van der Waals surface area (Å²) in [6.45, 7) is 0. The first-order valence-electron chi connectivity index (χ1n) is 19.4. The van der Waals surface area contributed by atoms with Gasteiger partial charge in [-0.3, -0.25) is 4.57 Å². The topological polar surface area (TPSA) is 43.6 Å². The molecule has 0 aliphatic heterocycles. The van der Waals surface area contributed by atoms with Crippen molar-refractivity contribution in [2.75, 3.05) is 0 Å². The van der Waals surface area contributed by atoms with Crippen molar-refractivity contribution < 1.29 is 0 Å². The van der Waals surface area contributed by atoms with E-state index < -0.39 is 0 Å². The lowest BCUT2D eigenvalue weighted by atomic mass is 9.82. The number of para-hydroxylation sites is 1. The molecule has 2 aromatic heterocycles. The Morgan fingerprint density at radius 1 is 0.298 bits per heavy atom. The van der Waals surface area contributed by atoms with Crippen LogP contribution >= 0.6 is 0 Å². The Kier molecular flexibility index (Phi) is 6.89. The van der Waals surface area contributed by atoms with Crippen LogP contribution in [-0.4, -0.2) is 19.5 Å². The van der Waals surface area contributed by atoms with Crippen molar-refractivity contribution in [1.29, 1.82) is 0 Å². The molecule has 4 heteroatoms. The van der Waals surface area contributed by atoms with Crippen LogP contribution in [0.25, 0.3) is 117 Å². The summed E-state index contributed by atoms with van der Waals surface area (Å²) in [6.07, 6.45) is 0. The Bertz CT molecular complexity index is 3310. The third kappa shape index (κ3) is 4.71. The maximum Gasteiger partial charge on any atom is 0.238 e. The molecule has 1 aliphatic rings. The van der Waals surface area contributed by atoms with E-state index in [1.165, 1.54) is 71.4 Å². The first-order valence-corrected chi connectivity index (χ1v) is 19.4. The van der Waals surface area contributed by atoms with Gasteiger partial charge in [0.15, 0.2) is 11.6 Å². The lowest BCUT2D eigenvalue weighted by Gasteiger charge is -2.20. The normalized spacial score (nSPS) is 11.9. The van der Waals surface area contributed by atoms with E-state index in [4.69, 9.17) is 15.0 Å². The molecule has 0 bridgehead atoms. The van der Waals surface area contributed by atoms with Crippen molar-refractivity contribution in [3.8, 4) is 73.2 Å². The zero-order valence-corrected chi connectivity index (χ0v) is 30.8. The molecule has 57 heavy (non-hydrogen) atoms. The molecule has 0 fully saturated rings. The maximum absolute atomic E-state index is 5.27. The molecule has 0 N–H and O–H groups in total. The average molecular weight is 725 g/mol. The summed E-state index contributed by atoms with van der Waals surface area (Å²) in [7, 11) is 0. The number of nitrogens with zero attached hydrogens (tertiary/aromatic N) is 4. The summed E-state index contributed by atoms with van der Waals surface area (Å²) in [5.41, 5.74) is 13.9. The second-order valence-corrected chi connectivity index (χ2v) is 14.7. The minimum absolute atomic E-state index is 0.585. The van der Waals surface area contributed by atoms with Crippen molar-refractivity contribution >= 4 is 43.4 Å². The highest BCUT2D eigenvalue weighted by Gasteiger charge is 2.32. The summed E-state index contributed by atoms with van der Waals surface area (Å²) >= 11 is 0. The Hall–Kier alpha value is -7.69. The molecular formula is C53H32N4. The molecule has 0 radical (unpaired) electrons. The average Bonchev–Trinajstić information content (AvgIpc) is 3.80. The highest BCUT2D eigenvalue weighted by Crippen LogP contribution is 2.59. The van der Waals surface area contributed by atoms with E-state index in [1.807, 2.05) is 36.4 Å². The summed E-state index contributed by atoms with van der Waals surface area (Å²) in [5, 5.41) is 7.32. The lowest BCUT2D eigenvalue weighted by molar-refractivity contribution is 0.954. The van der Waals surface area contributed by atoms with Crippen LogP contribution in [0, 0.1) is 0 Å². The zero-order chi connectivity index (χ0) is 37.5. The van der Waals surface area contributed by atoms with Gasteiger partial charge in [0, 0.05) is 21.9 Å². The first-order chi connectivity index (χ1) is 28.3. The number of hydrogen-bond donors (Lipinski definition) is 0. The third-order valence-corrected chi connectivity index (χ3v) is 11.6. The highest BCUT2D eigenvalue weighted by atomic mass is 15.2. The molecule has 0 spiro atoms. The fraction of sp³-hybridized carbons (Fsp3) is 0. The van der Waals surface area contributed by atoms with E-state index in [2.05, 4.69) is 162 Å². The van der Waals surface area contributed by atoms with Gasteiger partial charge in [0.25, 0.3) is 0 Å². The number of fused-ring (bicyclic) bond motifs is 8. The molecule has 4 nitrogen and oxygen atoms in total. The number of rotatable bonds is 5. The molecule has 0 amide bonds. The quantitative estimate of drug-likeness (QED) is 0.177. The molecule has 12 rings (SSSR count). The van der Waals surface area contributed by atoms with Gasteiger partial charge in [0.2, 0.25) is 5.95 Å². The summed E-state index contributed by atoms with van der Waals surface area (Å²) in [4.78, 5) is 15.6. The lowest BCUT2D eigenvalue weighted by Crippen LogP contribution is -2.06. The van der Waals surface area contributed by atoms with E-state index in [9.17, 15) is 0 Å². The first kappa shape index (κ1) is 31.6. The van der Waals surface area contributed by atoms with E-state index in [0.29, 0.717) is 17.6 Å². The van der Waals surface area contributed by atoms with Crippen LogP contribution in [-0.2, 0) is 0 Å². The predicted molar refractivity (Wildman–Crippen MR) is 235 cm³/mol. The van der Waals surface area contributed by atoms with Gasteiger partial charge in [0.05, 0.1) is 11.0 Å². The van der Waals surface area contributed by atoms with Gasteiger partial charge in [-0.25, -0.2) is 4.98 Å². The fourth-order valence-electron chi connectivity index (χ4n) is 9.24. The summed E-state index contributed by atoms with van der Waals surface area (Å²) < 4.78 is 2.26. The molecule has 2 heterocycles. The molecule has 0 atom stereocenters. The zero-order valence-electron chi connectivity index (χ0n) is 30.8. The summed E-state index contributed by atoms with van der Waals surface area (Å²) in [5.74, 6) is 1.85. The third-order valence-electron chi connectivity index (χ3n) is 11.6. The van der Waals surface area contributed by atoms with E-state index in [1.54, 1.807) is 0 Å². The van der Waals surface area contributed by atoms with Gasteiger partial charge >= 0.3 is 0 Å². The number of aromatic nitrogens is 4. The standard InChI is InChI=1S/C53H32N4/c1-5-18-33(19-6-1)45-37-26-13-14-27-38(37)46(34-20-7-2-8-21-34)50-42-32-44-48(40-29-17-30-41(47(40)42)49(45)50)39-28-15-16-31-43(39)57(44)53-55-51(35-22-9-3-10-23-35)54-52(56-53)36-24-11-4-12-25-36/h1-32H. The monoisotopic (exact) mass is 724 g/mol. The smallest absolute Gasteiger partial charge is 0.238 e. The molecular weight excluding hydrogens is 693 g/mol. The minimum Gasteiger partial charge on any atom is -0.278 e. The van der Waals surface area contributed by atoms with Crippen molar-refractivity contribution in [1.82, 2.24) is 19.5 Å². The van der Waals surface area contributed by atoms with Crippen molar-refractivity contribution in [2.45, 2.75) is 0 Å². The highest BCUT2D eigenvalue weighted by molar-refractivity contribution is 6.33. The second kappa shape index (κ2) is 12.4. The molecule has 0 unspecified atom stereocenters. The van der Waals surface area contributed by atoms with E-state index in [0.717, 1.165) is 27.5 Å². The van der Waals surface area contributed by atoms with Gasteiger partial charge in [-0.05, 0) is 78.2 Å². The van der Waals surface area contributed by atoms with Crippen LogP contribution in [0.1, 0.15) is 0 Å². The van der Waals surface area contributed by atoms with Crippen LogP contribution in [0.3, 0.4) is 0 Å². The van der Waals surface area contributed by atoms with Crippen LogP contribution in [0.4, 0.5) is 0 Å². The van der Waals surface area contributed by atoms with Gasteiger partial charge in [0.1, 0.15) is 0 Å². The molecule has 264 valence electrons. The molecule has 9 aromatic carbocycles. The Balaban J connectivity index is 1.25. The molecule has 11 aromatic rings. The van der Waals surface area contributed by atoms with Gasteiger partial charge in [-0.1, -0.05) is 182 Å². The van der Waals surface area contributed by atoms with Crippen LogP contribution in [0.5, 0.6) is 0 Å². The Labute approximate surface area is 329 Å². The van der Waals surface area contributed by atoms with Crippen molar-refractivity contribution in [2.24, 2.45) is 0 Å². The summed E-state index contributed by atoms with van der Waals surface area (Å²) in [6, 6.07) is 69.1. The van der Waals surface area contributed by atoms with Gasteiger partial charge in [-0.15, -0.1) is 0 Å². The minimum atomic E-state index is 0.585. The van der Waals surface area contributed by atoms with Crippen molar-refractivity contribution in [3.63, 3.8) is 0 Å². The largest absolute Gasteiger partial charge is 0.278 e. The predicted octanol–water partition coefficient (Wildman–Crippen LogP) is 13.6. The maximum atomic E-state index is 5.27. The Morgan fingerprint density at radius 2 is 0.754 bits per heavy atom. The van der Waals surface area contributed by atoms with E-state index >= 15 is 0 Å². The molecule has 1 aliphatic carbocycles. The Morgan fingerprint density at radius 3 is 1.32 bits per heavy atom. The number of hydrogen-bond acceptors (Lipinski definition) is 3. The van der Waals surface area contributed by atoms with Crippen LogP contribution in [0.15, 0.2) is 194 Å². The second-order valence-electron chi connectivity index (χ2n) is 14.7.